The van der Waals surface area contributed by atoms with E-state index in [1.54, 1.807) is 23.1 Å². The Kier molecular flexibility index (Phi) is 5.42. The number of carbonyl (C=O) groups is 1. The van der Waals surface area contributed by atoms with Gasteiger partial charge in [0.1, 0.15) is 12.4 Å². The third-order valence-electron chi connectivity index (χ3n) is 3.32. The molecule has 22 heavy (non-hydrogen) atoms. The van der Waals surface area contributed by atoms with Gasteiger partial charge in [0, 0.05) is 20.2 Å². The van der Waals surface area contributed by atoms with Crippen molar-refractivity contribution in [3.8, 4) is 5.75 Å². The van der Waals surface area contributed by atoms with E-state index in [0.717, 1.165) is 24.7 Å². The van der Waals surface area contributed by atoms with E-state index in [-0.39, 0.29) is 18.3 Å². The number of hydrogen-bond donors (Lipinski definition) is 0. The lowest BCUT2D eigenvalue weighted by Crippen LogP contribution is -2.35. The van der Waals surface area contributed by atoms with Crippen molar-refractivity contribution in [2.75, 3.05) is 26.5 Å². The Labute approximate surface area is 131 Å². The summed E-state index contributed by atoms with van der Waals surface area (Å²) in [6, 6.07) is 6.77. The van der Waals surface area contributed by atoms with Gasteiger partial charge in [0.2, 0.25) is 5.91 Å². The maximum Gasteiger partial charge on any atom is 0.306 e. The highest BCUT2D eigenvalue weighted by molar-refractivity contribution is 7.86. The molecule has 1 aromatic carbocycles. The number of rotatable bonds is 8. The molecule has 1 aliphatic carbocycles. The van der Waals surface area contributed by atoms with Gasteiger partial charge in [0.15, 0.2) is 0 Å². The van der Waals surface area contributed by atoms with E-state index in [1.807, 2.05) is 6.07 Å². The largest absolute Gasteiger partial charge is 0.383 e. The first-order valence-corrected chi connectivity index (χ1v) is 8.94. The summed E-state index contributed by atoms with van der Waals surface area (Å²) in [5.41, 5.74) is 0.825. The topological polar surface area (TPSA) is 72.9 Å². The maximum absolute atomic E-state index is 12.1. The van der Waals surface area contributed by atoms with Crippen LogP contribution in [-0.2, 0) is 26.2 Å². The maximum atomic E-state index is 12.1. The van der Waals surface area contributed by atoms with E-state index >= 15 is 0 Å². The third-order valence-corrected chi connectivity index (χ3v) is 3.81. The fraction of sp³-hybridized carbons (Fsp3) is 0.533. The van der Waals surface area contributed by atoms with Crippen molar-refractivity contribution in [3.05, 3.63) is 29.8 Å². The monoisotopic (exact) mass is 327 g/mol. The molecule has 122 valence electrons. The summed E-state index contributed by atoms with van der Waals surface area (Å²) in [4.78, 5) is 13.8. The van der Waals surface area contributed by atoms with Crippen molar-refractivity contribution in [1.29, 1.82) is 0 Å². The summed E-state index contributed by atoms with van der Waals surface area (Å²) in [5.74, 6) is 0.755. The fourth-order valence-electron chi connectivity index (χ4n) is 2.17. The number of carbonyl (C=O) groups excluding carboxylic acids is 1. The molecule has 0 heterocycles. The molecule has 7 heteroatoms. The lowest BCUT2D eigenvalue weighted by Gasteiger charge is -2.22. The Balaban J connectivity index is 2.07. The van der Waals surface area contributed by atoms with Gasteiger partial charge in [-0.1, -0.05) is 12.1 Å². The van der Waals surface area contributed by atoms with Crippen molar-refractivity contribution in [2.45, 2.75) is 19.4 Å². The molecule has 0 aliphatic heterocycles. The standard InChI is InChI=1S/C15H21NO5S/c1-20-11-15(17)16(9-12-6-7-12)10-13-4-3-5-14(8-13)21-22(2,18)19/h3-5,8,12H,6-7,9-11H2,1-2H3. The van der Waals surface area contributed by atoms with Crippen LogP contribution in [0.25, 0.3) is 0 Å². The Bertz CT molecular complexity index is 625. The summed E-state index contributed by atoms with van der Waals surface area (Å²) in [7, 11) is -2.06. The molecule has 0 bridgehead atoms. The van der Waals surface area contributed by atoms with E-state index in [0.29, 0.717) is 19.0 Å². The minimum absolute atomic E-state index is 0.0479. The summed E-state index contributed by atoms with van der Waals surface area (Å²) in [6.45, 7) is 1.17. The zero-order chi connectivity index (χ0) is 16.2. The van der Waals surface area contributed by atoms with Crippen molar-refractivity contribution in [2.24, 2.45) is 5.92 Å². The van der Waals surface area contributed by atoms with Crippen LogP contribution in [0, 0.1) is 5.92 Å². The molecule has 0 saturated heterocycles. The van der Waals surface area contributed by atoms with E-state index in [2.05, 4.69) is 0 Å². The molecular weight excluding hydrogens is 306 g/mol. The summed E-state index contributed by atoms with van der Waals surface area (Å²) < 4.78 is 32.1. The van der Waals surface area contributed by atoms with Crippen LogP contribution in [0.4, 0.5) is 0 Å². The van der Waals surface area contributed by atoms with Crippen molar-refractivity contribution < 1.29 is 22.1 Å². The van der Waals surface area contributed by atoms with Gasteiger partial charge >= 0.3 is 10.1 Å². The van der Waals surface area contributed by atoms with Gasteiger partial charge in [-0.05, 0) is 36.5 Å². The number of benzene rings is 1. The van der Waals surface area contributed by atoms with Crippen LogP contribution in [0.15, 0.2) is 24.3 Å². The van der Waals surface area contributed by atoms with Gasteiger partial charge < -0.3 is 13.8 Å². The van der Waals surface area contributed by atoms with Gasteiger partial charge in [-0.25, -0.2) is 0 Å². The third kappa shape index (κ3) is 5.65. The first-order valence-electron chi connectivity index (χ1n) is 7.12. The Morgan fingerprint density at radius 2 is 2.09 bits per heavy atom. The molecule has 0 radical (unpaired) electrons. The van der Waals surface area contributed by atoms with Crippen LogP contribution < -0.4 is 4.18 Å². The highest BCUT2D eigenvalue weighted by Crippen LogP contribution is 2.30. The lowest BCUT2D eigenvalue weighted by atomic mass is 10.2. The molecule has 0 unspecified atom stereocenters. The number of hydrogen-bond acceptors (Lipinski definition) is 5. The molecule has 1 amide bonds. The Morgan fingerprint density at radius 1 is 1.36 bits per heavy atom. The van der Waals surface area contributed by atoms with Crippen LogP contribution >= 0.6 is 0 Å². The van der Waals surface area contributed by atoms with Gasteiger partial charge in [-0.3, -0.25) is 4.79 Å². The Morgan fingerprint density at radius 3 is 2.68 bits per heavy atom. The highest BCUT2D eigenvalue weighted by atomic mass is 32.2. The molecule has 0 aromatic heterocycles. The molecule has 2 rings (SSSR count). The summed E-state index contributed by atoms with van der Waals surface area (Å²) in [6.07, 6.45) is 3.29. The first-order chi connectivity index (χ1) is 10.4. The number of methoxy groups -OCH3 is 1. The van der Waals surface area contributed by atoms with Gasteiger partial charge in [-0.2, -0.15) is 8.42 Å². The molecule has 0 atom stereocenters. The van der Waals surface area contributed by atoms with Gasteiger partial charge in [0.05, 0.1) is 6.26 Å². The van der Waals surface area contributed by atoms with E-state index < -0.39 is 10.1 Å². The number of ether oxygens (including phenoxy) is 1. The molecule has 0 spiro atoms. The highest BCUT2D eigenvalue weighted by Gasteiger charge is 2.26. The second-order valence-corrected chi connectivity index (χ2v) is 7.16. The molecular formula is C15H21NO5S. The number of nitrogens with zero attached hydrogens (tertiary/aromatic N) is 1. The SMILES string of the molecule is COCC(=O)N(Cc1cccc(OS(C)(=O)=O)c1)CC1CC1. The minimum Gasteiger partial charge on any atom is -0.383 e. The average molecular weight is 327 g/mol. The summed E-state index contributed by atoms with van der Waals surface area (Å²) in [5, 5.41) is 0. The van der Waals surface area contributed by atoms with Gasteiger partial charge in [0.25, 0.3) is 0 Å². The van der Waals surface area contributed by atoms with Gasteiger partial charge in [-0.15, -0.1) is 0 Å². The lowest BCUT2D eigenvalue weighted by molar-refractivity contribution is -0.136. The second-order valence-electron chi connectivity index (χ2n) is 5.59. The molecule has 0 N–H and O–H groups in total. The first kappa shape index (κ1) is 16.8. The van der Waals surface area contributed by atoms with E-state index in [9.17, 15) is 13.2 Å². The van der Waals surface area contributed by atoms with Crippen molar-refractivity contribution in [3.63, 3.8) is 0 Å². The van der Waals surface area contributed by atoms with Crippen LogP contribution in [0.3, 0.4) is 0 Å². The van der Waals surface area contributed by atoms with Crippen molar-refractivity contribution >= 4 is 16.0 Å². The normalized spacial score (nSPS) is 14.6. The molecule has 6 nitrogen and oxygen atoms in total. The zero-order valence-corrected chi connectivity index (χ0v) is 13.6. The second kappa shape index (κ2) is 7.11. The minimum atomic E-state index is -3.56. The van der Waals surface area contributed by atoms with Crippen LogP contribution in [-0.4, -0.2) is 45.7 Å². The van der Waals surface area contributed by atoms with Crippen molar-refractivity contribution in [1.82, 2.24) is 4.90 Å². The molecule has 1 aliphatic rings. The predicted octanol–water partition coefficient (Wildman–Crippen LogP) is 1.41. The van der Waals surface area contributed by atoms with Crippen LogP contribution in [0.2, 0.25) is 0 Å². The quantitative estimate of drug-likeness (QED) is 0.675. The van der Waals surface area contributed by atoms with Crippen LogP contribution in [0.1, 0.15) is 18.4 Å². The summed E-state index contributed by atoms with van der Waals surface area (Å²) >= 11 is 0. The van der Waals surface area contributed by atoms with Crippen LogP contribution in [0.5, 0.6) is 5.75 Å². The fourth-order valence-corrected chi connectivity index (χ4v) is 2.63. The van der Waals surface area contributed by atoms with E-state index in [1.165, 1.54) is 7.11 Å². The van der Waals surface area contributed by atoms with E-state index in [4.69, 9.17) is 8.92 Å². The predicted molar refractivity (Wildman–Crippen MR) is 81.9 cm³/mol. The average Bonchev–Trinajstić information content (AvgIpc) is 3.20. The molecule has 1 saturated carbocycles. The number of amides is 1. The molecule has 1 aromatic rings. The smallest absolute Gasteiger partial charge is 0.306 e. The Hall–Kier alpha value is -1.60. The molecule has 1 fully saturated rings. The zero-order valence-electron chi connectivity index (χ0n) is 12.8.